The molecule has 0 atom stereocenters. The van der Waals surface area contributed by atoms with Gasteiger partial charge in [-0.2, -0.15) is 14.7 Å². The van der Waals surface area contributed by atoms with E-state index in [0.29, 0.717) is 55.4 Å². The zero-order chi connectivity index (χ0) is 62.9. The summed E-state index contributed by atoms with van der Waals surface area (Å²) in [5, 5.41) is 24.7. The Hall–Kier alpha value is -10.3. The van der Waals surface area contributed by atoms with Gasteiger partial charge in [0.2, 0.25) is 0 Å². The quantitative estimate of drug-likeness (QED) is 0.0123. The van der Waals surface area contributed by atoms with E-state index >= 15 is 0 Å². The Balaban J connectivity index is 1.08. The predicted octanol–water partition coefficient (Wildman–Crippen LogP) is 15.6. The minimum Gasteiger partial charge on any atom is -0.184 e. The van der Waals surface area contributed by atoms with Crippen molar-refractivity contribution in [3.63, 3.8) is 0 Å². The molecule has 9 aromatic rings. The topological polar surface area (TPSA) is 83.1 Å². The fourth-order valence-electron chi connectivity index (χ4n) is 10.4. The van der Waals surface area contributed by atoms with Gasteiger partial charge in [-0.25, -0.2) is 0 Å². The lowest BCUT2D eigenvalue weighted by atomic mass is 9.78. The van der Waals surface area contributed by atoms with Gasteiger partial charge in [0.1, 0.15) is 36.1 Å². The van der Waals surface area contributed by atoms with Crippen molar-refractivity contribution in [2.45, 2.75) is 36.1 Å². The number of benzene rings is 9. The lowest BCUT2D eigenvalue weighted by Gasteiger charge is -2.33. The van der Waals surface area contributed by atoms with Gasteiger partial charge in [0.05, 0.1) is 0 Å². The van der Waals surface area contributed by atoms with Gasteiger partial charge >= 0.3 is 0 Å². The summed E-state index contributed by atoms with van der Waals surface area (Å²) >= 11 is 2.15. The molecule has 0 aliphatic heterocycles. The van der Waals surface area contributed by atoms with E-state index in [1.165, 1.54) is 0 Å². The van der Waals surface area contributed by atoms with Crippen LogP contribution >= 0.6 is 36.1 Å². The molecule has 0 radical (unpaired) electrons. The molecule has 0 spiro atoms. The maximum atomic E-state index is 6.41. The van der Waals surface area contributed by atoms with Gasteiger partial charge in [0, 0.05) is 33.5 Å². The van der Waals surface area contributed by atoms with Crippen molar-refractivity contribution in [2.75, 3.05) is 0 Å². The highest BCUT2D eigenvalue weighted by molar-refractivity contribution is 7.99. The maximum Gasteiger partial charge on any atom is 0.182 e. The third-order valence-electron chi connectivity index (χ3n) is 14.3. The van der Waals surface area contributed by atoms with Gasteiger partial charge < -0.3 is 0 Å². The molecule has 0 heterocycles. The Morgan fingerprint density at radius 2 is 0.473 bits per heavy atom. The summed E-state index contributed by atoms with van der Waals surface area (Å²) in [4.78, 5) is 19.2. The van der Waals surface area contributed by atoms with Crippen molar-refractivity contribution < 1.29 is 42.8 Å². The summed E-state index contributed by atoms with van der Waals surface area (Å²) in [5.74, 6) is 29.5. The zero-order valence-electron chi connectivity index (χ0n) is 48.6. The summed E-state index contributed by atoms with van der Waals surface area (Å²) in [5.41, 5.74) is 6.51. The Bertz CT molecular complexity index is 3760. The van der Waals surface area contributed by atoms with Gasteiger partial charge in [0.15, 0.2) is 16.8 Å². The average Bonchev–Trinajstić information content (AvgIpc) is 0.829. The van der Waals surface area contributed by atoms with Crippen LogP contribution in [-0.4, -0.2) is 0 Å². The summed E-state index contributed by atoms with van der Waals surface area (Å²) in [7, 11) is 0. The Labute approximate surface area is 545 Å². The third-order valence-corrected chi connectivity index (χ3v) is 15.2. The summed E-state index contributed by atoms with van der Waals surface area (Å²) < 4.78 is 16.1. The maximum absolute atomic E-state index is 6.41. The van der Waals surface area contributed by atoms with Crippen LogP contribution in [0.5, 0.6) is 0 Å². The van der Waals surface area contributed by atoms with E-state index in [9.17, 15) is 0 Å². The molecule has 440 valence electrons. The fourth-order valence-corrected chi connectivity index (χ4v) is 11.0. The molecule has 0 unspecified atom stereocenters. The molecule has 0 amide bonds. The molecular formula is C79H52O9S3. The summed E-state index contributed by atoms with van der Waals surface area (Å²) in [6.45, 7) is 0. The van der Waals surface area contributed by atoms with Crippen LogP contribution in [0.15, 0.2) is 255 Å². The molecule has 0 aliphatic carbocycles. The first-order chi connectivity index (χ1) is 45.0. The highest BCUT2D eigenvalue weighted by Gasteiger charge is 2.43. The SMILES string of the molecule is C#CC#CC#CSOOOC(c1ccccc1)(c1ccccc1)c1ccc(CC(Cc2ccc(C(OOOSC#CC#CC#C)(c3ccccc3)c3ccccc3)cc2)Cc2ccc(C(OOOSC#CC#CC#C)(c3ccccc3)c3ccccc3)cc2)cc1. The summed E-state index contributed by atoms with van der Waals surface area (Å²) in [6.07, 6.45) is 17.7. The van der Waals surface area contributed by atoms with Crippen LogP contribution in [-0.2, 0) is 78.8 Å². The number of terminal acetylenes is 3. The first-order valence-electron chi connectivity index (χ1n) is 28.1. The third kappa shape index (κ3) is 17.3. The van der Waals surface area contributed by atoms with E-state index in [0.717, 1.165) is 66.8 Å². The second-order valence-electron chi connectivity index (χ2n) is 19.6. The largest absolute Gasteiger partial charge is 0.184 e. The lowest BCUT2D eigenvalue weighted by Crippen LogP contribution is -2.33. The van der Waals surface area contributed by atoms with Crippen LogP contribution in [0.1, 0.15) is 66.8 Å². The molecule has 0 saturated carbocycles. The van der Waals surface area contributed by atoms with E-state index in [2.05, 4.69) is 160 Å². The van der Waals surface area contributed by atoms with Crippen molar-refractivity contribution in [3.8, 4) is 106 Å². The molecule has 9 nitrogen and oxygen atoms in total. The lowest BCUT2D eigenvalue weighted by molar-refractivity contribution is -0.490. The van der Waals surface area contributed by atoms with E-state index < -0.39 is 16.8 Å². The van der Waals surface area contributed by atoms with Crippen LogP contribution < -0.4 is 0 Å². The summed E-state index contributed by atoms with van der Waals surface area (Å²) in [6, 6.07) is 84.1. The Morgan fingerprint density at radius 1 is 0.264 bits per heavy atom. The highest BCUT2D eigenvalue weighted by Crippen LogP contribution is 2.45. The van der Waals surface area contributed by atoms with Crippen LogP contribution in [0, 0.1) is 112 Å². The molecule has 0 N–H and O–H groups in total. The van der Waals surface area contributed by atoms with Crippen LogP contribution in [0.2, 0.25) is 0 Å². The number of hydrogen-bond acceptors (Lipinski definition) is 12. The molecule has 0 fully saturated rings. The van der Waals surface area contributed by atoms with Gasteiger partial charge in [-0.3, -0.25) is 0 Å². The van der Waals surface area contributed by atoms with Gasteiger partial charge in [0.25, 0.3) is 0 Å². The van der Waals surface area contributed by atoms with Gasteiger partial charge in [-0.1, -0.05) is 270 Å². The zero-order valence-corrected chi connectivity index (χ0v) is 51.0. The van der Waals surface area contributed by atoms with Crippen LogP contribution in [0.4, 0.5) is 0 Å². The molecule has 0 bridgehead atoms. The van der Waals surface area contributed by atoms with Crippen LogP contribution in [0.25, 0.3) is 0 Å². The molecule has 0 aromatic heterocycles. The number of rotatable bonds is 27. The second kappa shape index (κ2) is 35.0. The fraction of sp³-hybridized carbons (Fsp3) is 0.0886. The van der Waals surface area contributed by atoms with Crippen molar-refractivity contribution >= 4 is 36.1 Å². The van der Waals surface area contributed by atoms with Crippen molar-refractivity contribution in [1.29, 1.82) is 0 Å². The molecule has 91 heavy (non-hydrogen) atoms. The molecule has 9 aromatic carbocycles. The normalized spacial score (nSPS) is 10.6. The van der Waals surface area contributed by atoms with E-state index in [1.54, 1.807) is 0 Å². The Morgan fingerprint density at radius 3 is 0.681 bits per heavy atom. The van der Waals surface area contributed by atoms with E-state index in [1.807, 2.05) is 182 Å². The predicted molar refractivity (Wildman–Crippen MR) is 358 cm³/mol. The molecule has 0 aliphatic rings. The standard InChI is InChI=1S/C79H52O9S3/c1-4-7-10-31-58-89-86-83-80-77(68-34-19-13-20-35-68,69-36-21-14-22-37-69)74-52-46-64(47-53-74)61-67(62-65-48-54-75(55-49-65)78(70-38-23-15-24-39-70,71-40-25-16-26-41-71)81-84-87-90-59-32-11-8-5-2)63-66-50-56-76(57-51-66)79(72-42-27-17-28-43-72,73-44-29-18-30-45-73)82-85-88-91-60-33-12-9-6-3/h1-3,13-30,34-57,67H,61-63H2. The number of hydrogen-bond donors (Lipinski definition) is 0. The minimum atomic E-state index is -1.29. The average molecular weight is 1240 g/mol. The highest BCUT2D eigenvalue weighted by atomic mass is 32.2. The van der Waals surface area contributed by atoms with Crippen molar-refractivity contribution in [1.82, 2.24) is 0 Å². The van der Waals surface area contributed by atoms with Crippen LogP contribution in [0.3, 0.4) is 0 Å². The second-order valence-corrected chi connectivity index (χ2v) is 21.1. The van der Waals surface area contributed by atoms with E-state index in [-0.39, 0.29) is 5.92 Å². The first-order valence-corrected chi connectivity index (χ1v) is 30.3. The van der Waals surface area contributed by atoms with Crippen molar-refractivity contribution in [2.24, 2.45) is 5.92 Å². The Kier molecular flexibility index (Phi) is 25.1. The van der Waals surface area contributed by atoms with Crippen molar-refractivity contribution in [3.05, 3.63) is 322 Å². The monoisotopic (exact) mass is 1240 g/mol. The van der Waals surface area contributed by atoms with Gasteiger partial charge in [-0.05, 0) is 145 Å². The minimum absolute atomic E-state index is 0.0425. The molecule has 0 saturated heterocycles. The molecule has 12 heteroatoms. The van der Waals surface area contributed by atoms with Gasteiger partial charge in [-0.15, -0.1) is 32.3 Å². The smallest absolute Gasteiger partial charge is 0.182 e. The van der Waals surface area contributed by atoms with E-state index in [4.69, 9.17) is 62.0 Å². The first kappa shape index (κ1) is 65.2. The molecular weight excluding hydrogens is 1190 g/mol. The molecule has 9 rings (SSSR count).